The average Bonchev–Trinajstić information content (AvgIpc) is 2.71. The molecule has 0 bridgehead atoms. The van der Waals surface area contributed by atoms with Crippen molar-refractivity contribution < 1.29 is 14.3 Å². The Morgan fingerprint density at radius 1 is 1.17 bits per heavy atom. The van der Waals surface area contributed by atoms with Crippen LogP contribution in [0.3, 0.4) is 0 Å². The van der Waals surface area contributed by atoms with Gasteiger partial charge in [-0.25, -0.2) is 0 Å². The molecule has 2 aromatic carbocycles. The van der Waals surface area contributed by atoms with Crippen molar-refractivity contribution in [1.29, 1.82) is 0 Å². The van der Waals surface area contributed by atoms with E-state index in [2.05, 4.69) is 10.3 Å². The zero-order chi connectivity index (χ0) is 20.8. The van der Waals surface area contributed by atoms with Gasteiger partial charge in [-0.05, 0) is 35.9 Å². The van der Waals surface area contributed by atoms with E-state index in [1.165, 1.54) is 13.2 Å². The monoisotopic (exact) mass is 430 g/mol. The molecule has 1 atom stereocenters. The fourth-order valence-corrected chi connectivity index (χ4v) is 3.62. The molecule has 0 aliphatic carbocycles. The molecule has 150 valence electrons. The molecule has 0 saturated heterocycles. The van der Waals surface area contributed by atoms with Crippen LogP contribution in [0.5, 0.6) is 0 Å². The normalized spacial score (nSPS) is 11.9. The van der Waals surface area contributed by atoms with Gasteiger partial charge in [0, 0.05) is 41.1 Å². The summed E-state index contributed by atoms with van der Waals surface area (Å²) in [6.07, 6.45) is 0.180. The summed E-state index contributed by atoms with van der Waals surface area (Å²) >= 11 is 6.84. The third-order valence-electron chi connectivity index (χ3n) is 4.28. The van der Waals surface area contributed by atoms with Crippen molar-refractivity contribution in [2.75, 3.05) is 13.0 Å². The Morgan fingerprint density at radius 3 is 2.62 bits per heavy atom. The third-order valence-corrected chi connectivity index (χ3v) is 5.45. The molecule has 0 radical (unpaired) electrons. The Labute approximate surface area is 176 Å². The van der Waals surface area contributed by atoms with E-state index in [1.807, 2.05) is 18.2 Å². The first-order chi connectivity index (χ1) is 14.0. The number of nitrogens with one attached hydrogen (secondary N) is 2. The molecule has 0 spiro atoms. The number of fused-ring (bicyclic) bond motifs is 1. The van der Waals surface area contributed by atoms with Crippen LogP contribution in [0.2, 0.25) is 5.02 Å². The maximum atomic E-state index is 12.7. The van der Waals surface area contributed by atoms with E-state index < -0.39 is 11.9 Å². The number of thioether (sulfide) groups is 1. The van der Waals surface area contributed by atoms with Gasteiger partial charge >= 0.3 is 0 Å². The number of para-hydroxylation sites is 1. The summed E-state index contributed by atoms with van der Waals surface area (Å²) in [5.41, 5.74) is 1.48. The highest BCUT2D eigenvalue weighted by molar-refractivity contribution is 8.13. The minimum Gasteiger partial charge on any atom is -0.374 e. The van der Waals surface area contributed by atoms with Crippen LogP contribution in [-0.4, -0.2) is 35.1 Å². The minimum absolute atomic E-state index is 0.169. The van der Waals surface area contributed by atoms with Crippen LogP contribution >= 0.6 is 23.4 Å². The van der Waals surface area contributed by atoms with Crippen molar-refractivity contribution in [3.63, 3.8) is 0 Å². The minimum atomic E-state index is -0.830. The molecule has 0 fully saturated rings. The second kappa shape index (κ2) is 9.73. The number of carbonyl (C=O) groups excluding carboxylic acids is 2. The number of hydrogen-bond acceptors (Lipinski definition) is 5. The molecule has 3 rings (SSSR count). The van der Waals surface area contributed by atoms with Crippen LogP contribution in [0.1, 0.15) is 15.9 Å². The molecular weight excluding hydrogens is 412 g/mol. The lowest BCUT2D eigenvalue weighted by molar-refractivity contribution is -0.112. The van der Waals surface area contributed by atoms with Gasteiger partial charge in [0.25, 0.3) is 5.91 Å². The number of methoxy groups -OCH3 is 1. The predicted octanol–water partition coefficient (Wildman–Crippen LogP) is 3.39. The van der Waals surface area contributed by atoms with E-state index in [-0.39, 0.29) is 23.0 Å². The zero-order valence-electron chi connectivity index (χ0n) is 15.6. The summed E-state index contributed by atoms with van der Waals surface area (Å²) in [5, 5.41) is 3.86. The Morgan fingerprint density at radius 2 is 1.90 bits per heavy atom. The summed E-state index contributed by atoms with van der Waals surface area (Å²) in [6, 6.07) is 14.4. The first-order valence-corrected chi connectivity index (χ1v) is 10.2. The quantitative estimate of drug-likeness (QED) is 0.561. The third kappa shape index (κ3) is 5.47. The van der Waals surface area contributed by atoms with Gasteiger partial charge in [-0.15, -0.1) is 0 Å². The Hall–Kier alpha value is -2.61. The van der Waals surface area contributed by atoms with Gasteiger partial charge in [0.1, 0.15) is 6.04 Å². The van der Waals surface area contributed by atoms with Gasteiger partial charge < -0.3 is 15.0 Å². The van der Waals surface area contributed by atoms with Gasteiger partial charge in [-0.2, -0.15) is 0 Å². The van der Waals surface area contributed by atoms with E-state index in [1.54, 1.807) is 30.3 Å². The number of amides is 1. The number of carbonyl (C=O) groups is 2. The molecule has 0 aliphatic rings. The lowest BCUT2D eigenvalue weighted by Crippen LogP contribution is -2.41. The molecule has 2 N–H and O–H groups in total. The van der Waals surface area contributed by atoms with Crippen LogP contribution in [0.15, 0.2) is 59.4 Å². The first kappa shape index (κ1) is 21.1. The number of H-pyrrole nitrogens is 1. The standard InChI is InChI=1S/C21H19ClN2O4S/c1-28-12-29-21(27)18(24-20(26)13-6-8-15(22)9-7-13)10-14-11-19(25)23-17-5-3-2-4-16(14)17/h2-9,11,18H,10,12H2,1H3,(H,23,25)(H,24,26). The Balaban J connectivity index is 1.90. The fraction of sp³-hybridized carbons (Fsp3) is 0.190. The molecule has 1 heterocycles. The maximum absolute atomic E-state index is 12.7. The molecule has 1 aromatic heterocycles. The SMILES string of the molecule is COCSC(=O)C(Cc1cc(=O)[nH]c2ccccc12)NC(=O)c1ccc(Cl)cc1. The Kier molecular flexibility index (Phi) is 7.09. The van der Waals surface area contributed by atoms with Crippen LogP contribution in [0.25, 0.3) is 10.9 Å². The number of rotatable bonds is 7. The topological polar surface area (TPSA) is 88.3 Å². The Bertz CT molecular complexity index is 1080. The van der Waals surface area contributed by atoms with Crippen molar-refractivity contribution in [3.8, 4) is 0 Å². The molecule has 8 heteroatoms. The number of aromatic nitrogens is 1. The number of hydrogen-bond donors (Lipinski definition) is 2. The van der Waals surface area contributed by atoms with Gasteiger partial charge in [-0.1, -0.05) is 41.6 Å². The number of benzene rings is 2. The van der Waals surface area contributed by atoms with E-state index >= 15 is 0 Å². The summed E-state index contributed by atoms with van der Waals surface area (Å²) in [4.78, 5) is 40.2. The fourth-order valence-electron chi connectivity index (χ4n) is 2.92. The highest BCUT2D eigenvalue weighted by atomic mass is 35.5. The lowest BCUT2D eigenvalue weighted by Gasteiger charge is -2.18. The number of aromatic amines is 1. The first-order valence-electron chi connectivity index (χ1n) is 8.81. The average molecular weight is 431 g/mol. The summed E-state index contributed by atoms with van der Waals surface area (Å²) in [7, 11) is 1.49. The van der Waals surface area contributed by atoms with Crippen molar-refractivity contribution in [3.05, 3.63) is 81.1 Å². The van der Waals surface area contributed by atoms with Gasteiger partial charge in [0.2, 0.25) is 10.7 Å². The van der Waals surface area contributed by atoms with Crippen molar-refractivity contribution >= 4 is 45.3 Å². The molecule has 6 nitrogen and oxygen atoms in total. The maximum Gasteiger partial charge on any atom is 0.251 e. The van der Waals surface area contributed by atoms with E-state index in [0.717, 1.165) is 17.1 Å². The summed E-state index contributed by atoms with van der Waals surface area (Å²) < 4.78 is 4.96. The van der Waals surface area contributed by atoms with Crippen molar-refractivity contribution in [2.45, 2.75) is 12.5 Å². The molecule has 0 aliphatic heterocycles. The van der Waals surface area contributed by atoms with E-state index in [4.69, 9.17) is 16.3 Å². The highest BCUT2D eigenvalue weighted by Gasteiger charge is 2.23. The highest BCUT2D eigenvalue weighted by Crippen LogP contribution is 2.19. The summed E-state index contributed by atoms with van der Waals surface area (Å²) in [6.45, 7) is 0. The predicted molar refractivity (Wildman–Crippen MR) is 115 cm³/mol. The largest absolute Gasteiger partial charge is 0.374 e. The smallest absolute Gasteiger partial charge is 0.251 e. The number of pyridine rings is 1. The zero-order valence-corrected chi connectivity index (χ0v) is 17.2. The second-order valence-electron chi connectivity index (χ2n) is 6.31. The molecule has 1 unspecified atom stereocenters. The van der Waals surface area contributed by atoms with Crippen LogP contribution < -0.4 is 10.9 Å². The second-order valence-corrected chi connectivity index (χ2v) is 7.67. The van der Waals surface area contributed by atoms with Gasteiger partial charge in [0.05, 0.1) is 5.94 Å². The summed E-state index contributed by atoms with van der Waals surface area (Å²) in [5.74, 6) is -0.227. The van der Waals surface area contributed by atoms with Crippen LogP contribution in [0, 0.1) is 0 Å². The van der Waals surface area contributed by atoms with Crippen LogP contribution in [-0.2, 0) is 16.0 Å². The number of halogens is 1. The van der Waals surface area contributed by atoms with Crippen molar-refractivity contribution in [2.24, 2.45) is 0 Å². The van der Waals surface area contributed by atoms with Gasteiger partial charge in [0.15, 0.2) is 0 Å². The molecule has 0 saturated carbocycles. The molecular formula is C21H19ClN2O4S. The van der Waals surface area contributed by atoms with Crippen molar-refractivity contribution in [1.82, 2.24) is 10.3 Å². The van der Waals surface area contributed by atoms with Gasteiger partial charge in [-0.3, -0.25) is 14.4 Å². The van der Waals surface area contributed by atoms with Crippen LogP contribution in [0.4, 0.5) is 0 Å². The number of ether oxygens (including phenoxy) is 1. The molecule has 3 aromatic rings. The van der Waals surface area contributed by atoms with E-state index in [9.17, 15) is 14.4 Å². The van der Waals surface area contributed by atoms with E-state index in [0.29, 0.717) is 21.7 Å². The molecule has 29 heavy (non-hydrogen) atoms. The molecule has 1 amide bonds. The lowest BCUT2D eigenvalue weighted by atomic mass is 10.0.